The van der Waals surface area contributed by atoms with Crippen LogP contribution in [0.4, 0.5) is 14.5 Å². The summed E-state index contributed by atoms with van der Waals surface area (Å²) < 4.78 is 39.1. The van der Waals surface area contributed by atoms with Gasteiger partial charge in [-0.05, 0) is 31.9 Å². The standard InChI is InChI=1S/C15H17F2NO5/c1-9(22-14(20)12-7-4-8-21-12)13(19)18-10-5-2-3-6-11(10)23-15(16)17/h2-3,5-6,9,12,15H,4,7-8H2,1H3,(H,18,19)/t9-,12+/m1/s1. The lowest BCUT2D eigenvalue weighted by atomic mass is 10.2. The molecule has 1 saturated heterocycles. The van der Waals surface area contributed by atoms with E-state index in [0.29, 0.717) is 13.0 Å². The molecule has 6 nitrogen and oxygen atoms in total. The maximum absolute atomic E-state index is 12.3. The maximum atomic E-state index is 12.3. The molecule has 1 aliphatic heterocycles. The van der Waals surface area contributed by atoms with Gasteiger partial charge < -0.3 is 19.5 Å². The van der Waals surface area contributed by atoms with Crippen LogP contribution in [0.1, 0.15) is 19.8 Å². The van der Waals surface area contributed by atoms with Crippen molar-refractivity contribution < 1.29 is 32.6 Å². The highest BCUT2D eigenvalue weighted by atomic mass is 19.3. The number of hydrogen-bond acceptors (Lipinski definition) is 5. The third-order valence-electron chi connectivity index (χ3n) is 3.22. The predicted octanol–water partition coefficient (Wildman–Crippen LogP) is 2.34. The number of rotatable bonds is 6. The van der Waals surface area contributed by atoms with Crippen molar-refractivity contribution in [1.82, 2.24) is 0 Å². The number of nitrogens with one attached hydrogen (secondary N) is 1. The molecule has 0 aliphatic carbocycles. The van der Waals surface area contributed by atoms with Gasteiger partial charge in [0.05, 0.1) is 5.69 Å². The topological polar surface area (TPSA) is 73.9 Å². The van der Waals surface area contributed by atoms with E-state index in [0.717, 1.165) is 6.42 Å². The van der Waals surface area contributed by atoms with Gasteiger partial charge in [-0.2, -0.15) is 8.78 Å². The molecular formula is C15H17F2NO5. The Bertz CT molecular complexity index is 561. The van der Waals surface area contributed by atoms with Crippen LogP contribution in [0.5, 0.6) is 5.75 Å². The van der Waals surface area contributed by atoms with E-state index in [1.54, 1.807) is 6.07 Å². The van der Waals surface area contributed by atoms with E-state index in [1.165, 1.54) is 25.1 Å². The van der Waals surface area contributed by atoms with Crippen LogP contribution in [0.15, 0.2) is 24.3 Å². The second-order valence-electron chi connectivity index (χ2n) is 4.94. The van der Waals surface area contributed by atoms with Crippen molar-refractivity contribution in [3.8, 4) is 5.75 Å². The first-order valence-corrected chi connectivity index (χ1v) is 7.14. The zero-order valence-corrected chi connectivity index (χ0v) is 12.5. The third-order valence-corrected chi connectivity index (χ3v) is 3.22. The molecule has 1 heterocycles. The van der Waals surface area contributed by atoms with Crippen LogP contribution in [0, 0.1) is 0 Å². The fraction of sp³-hybridized carbons (Fsp3) is 0.467. The Balaban J connectivity index is 1.94. The first-order valence-electron chi connectivity index (χ1n) is 7.14. The van der Waals surface area contributed by atoms with Gasteiger partial charge in [-0.25, -0.2) is 4.79 Å². The minimum Gasteiger partial charge on any atom is -0.451 e. The van der Waals surface area contributed by atoms with Crippen molar-refractivity contribution in [2.75, 3.05) is 11.9 Å². The quantitative estimate of drug-likeness (QED) is 0.811. The van der Waals surface area contributed by atoms with E-state index in [9.17, 15) is 18.4 Å². The Labute approximate surface area is 131 Å². The molecule has 1 aromatic rings. The number of anilines is 1. The fourth-order valence-electron chi connectivity index (χ4n) is 2.07. The smallest absolute Gasteiger partial charge is 0.387 e. The number of benzene rings is 1. The average Bonchev–Trinajstić information content (AvgIpc) is 3.03. The number of para-hydroxylation sites is 2. The zero-order valence-electron chi connectivity index (χ0n) is 12.5. The molecule has 2 rings (SSSR count). The van der Waals surface area contributed by atoms with Gasteiger partial charge in [0.25, 0.3) is 5.91 Å². The SMILES string of the molecule is C[C@@H](OC(=O)[C@@H]1CCCO1)C(=O)Nc1ccccc1OC(F)F. The highest BCUT2D eigenvalue weighted by Crippen LogP contribution is 2.25. The predicted molar refractivity (Wildman–Crippen MR) is 76.2 cm³/mol. The van der Waals surface area contributed by atoms with Crippen LogP contribution in [0.3, 0.4) is 0 Å². The van der Waals surface area contributed by atoms with Crippen molar-refractivity contribution >= 4 is 17.6 Å². The molecule has 1 aliphatic rings. The second-order valence-corrected chi connectivity index (χ2v) is 4.94. The van der Waals surface area contributed by atoms with Crippen LogP contribution in [-0.2, 0) is 19.1 Å². The average molecular weight is 329 g/mol. The second kappa shape index (κ2) is 7.87. The number of esters is 1. The molecule has 0 aromatic heterocycles. The van der Waals surface area contributed by atoms with E-state index in [1.807, 2.05) is 0 Å². The summed E-state index contributed by atoms with van der Waals surface area (Å²) >= 11 is 0. The Kier molecular flexibility index (Phi) is 5.86. The third kappa shape index (κ3) is 4.88. The number of ether oxygens (including phenoxy) is 3. The first-order chi connectivity index (χ1) is 11.0. The zero-order chi connectivity index (χ0) is 16.8. The molecule has 8 heteroatoms. The number of alkyl halides is 2. The van der Waals surface area contributed by atoms with Gasteiger partial charge in [-0.1, -0.05) is 12.1 Å². The van der Waals surface area contributed by atoms with E-state index < -0.39 is 30.7 Å². The molecule has 1 aromatic carbocycles. The highest BCUT2D eigenvalue weighted by Gasteiger charge is 2.28. The van der Waals surface area contributed by atoms with Crippen LogP contribution >= 0.6 is 0 Å². The van der Waals surface area contributed by atoms with Crippen LogP contribution in [-0.4, -0.2) is 37.3 Å². The maximum Gasteiger partial charge on any atom is 0.387 e. The lowest BCUT2D eigenvalue weighted by Crippen LogP contribution is -2.34. The summed E-state index contributed by atoms with van der Waals surface area (Å²) in [4.78, 5) is 23.8. The van der Waals surface area contributed by atoms with Crippen molar-refractivity contribution in [2.24, 2.45) is 0 Å². The van der Waals surface area contributed by atoms with Crippen LogP contribution < -0.4 is 10.1 Å². The molecule has 126 valence electrons. The van der Waals surface area contributed by atoms with Crippen LogP contribution in [0.25, 0.3) is 0 Å². The molecule has 0 radical (unpaired) electrons. The molecule has 1 N–H and O–H groups in total. The highest BCUT2D eigenvalue weighted by molar-refractivity contribution is 5.96. The van der Waals surface area contributed by atoms with E-state index in [2.05, 4.69) is 10.1 Å². The molecule has 0 bridgehead atoms. The van der Waals surface area contributed by atoms with Gasteiger partial charge in [-0.15, -0.1) is 0 Å². The number of hydrogen-bond donors (Lipinski definition) is 1. The van der Waals surface area contributed by atoms with Crippen molar-refractivity contribution in [1.29, 1.82) is 0 Å². The molecule has 1 fully saturated rings. The molecule has 23 heavy (non-hydrogen) atoms. The Morgan fingerprint density at radius 2 is 2.09 bits per heavy atom. The number of halogens is 2. The normalized spacial score (nSPS) is 18.5. The van der Waals surface area contributed by atoms with E-state index in [-0.39, 0.29) is 11.4 Å². The minimum absolute atomic E-state index is 0.0674. The summed E-state index contributed by atoms with van der Waals surface area (Å²) in [6, 6.07) is 5.75. The van der Waals surface area contributed by atoms with E-state index >= 15 is 0 Å². The molecule has 2 atom stereocenters. The molecule has 0 spiro atoms. The Hall–Kier alpha value is -2.22. The van der Waals surface area contributed by atoms with Crippen LogP contribution in [0.2, 0.25) is 0 Å². The van der Waals surface area contributed by atoms with Crippen molar-refractivity contribution in [2.45, 2.75) is 38.6 Å². The fourth-order valence-corrected chi connectivity index (χ4v) is 2.07. The van der Waals surface area contributed by atoms with Gasteiger partial charge in [0, 0.05) is 6.61 Å². The van der Waals surface area contributed by atoms with Crippen molar-refractivity contribution in [3.05, 3.63) is 24.3 Å². The summed E-state index contributed by atoms with van der Waals surface area (Å²) in [6.07, 6.45) is -0.428. The Morgan fingerprint density at radius 3 is 2.74 bits per heavy atom. The Morgan fingerprint density at radius 1 is 1.35 bits per heavy atom. The number of amides is 1. The number of carbonyl (C=O) groups is 2. The van der Waals surface area contributed by atoms with Gasteiger partial charge in [0.2, 0.25) is 0 Å². The molecule has 0 saturated carbocycles. The van der Waals surface area contributed by atoms with E-state index in [4.69, 9.17) is 9.47 Å². The van der Waals surface area contributed by atoms with Crippen molar-refractivity contribution in [3.63, 3.8) is 0 Å². The monoisotopic (exact) mass is 329 g/mol. The minimum atomic E-state index is -3.01. The summed E-state index contributed by atoms with van der Waals surface area (Å²) in [5.74, 6) is -1.43. The van der Waals surface area contributed by atoms with Gasteiger partial charge >= 0.3 is 12.6 Å². The lowest BCUT2D eigenvalue weighted by molar-refractivity contribution is -0.162. The molecule has 0 unspecified atom stereocenters. The molecular weight excluding hydrogens is 312 g/mol. The first kappa shape index (κ1) is 17.1. The summed E-state index contributed by atoms with van der Waals surface area (Å²) in [5.41, 5.74) is 0.0674. The molecule has 1 amide bonds. The number of carbonyl (C=O) groups excluding carboxylic acids is 2. The summed E-state index contributed by atoms with van der Waals surface area (Å²) in [5, 5.41) is 2.40. The van der Waals surface area contributed by atoms with Gasteiger partial charge in [0.1, 0.15) is 5.75 Å². The van der Waals surface area contributed by atoms with Gasteiger partial charge in [0.15, 0.2) is 12.2 Å². The van der Waals surface area contributed by atoms with Gasteiger partial charge in [-0.3, -0.25) is 4.79 Å². The summed E-state index contributed by atoms with van der Waals surface area (Å²) in [7, 11) is 0. The lowest BCUT2D eigenvalue weighted by Gasteiger charge is -2.17. The summed E-state index contributed by atoms with van der Waals surface area (Å²) in [6.45, 7) is -1.14. The largest absolute Gasteiger partial charge is 0.451 e.